The second-order valence-corrected chi connectivity index (χ2v) is 9.53. The van der Waals surface area contributed by atoms with Gasteiger partial charge in [-0.15, -0.1) is 0 Å². The quantitative estimate of drug-likeness (QED) is 0.479. The van der Waals surface area contributed by atoms with Crippen LogP contribution in [-0.2, 0) is 19.2 Å². The fourth-order valence-electron chi connectivity index (χ4n) is 5.06. The van der Waals surface area contributed by atoms with Gasteiger partial charge < -0.3 is 18.6 Å². The molecule has 0 bridgehead atoms. The van der Waals surface area contributed by atoms with E-state index >= 15 is 0 Å². The van der Waals surface area contributed by atoms with Crippen LogP contribution in [-0.4, -0.2) is 28.4 Å². The van der Waals surface area contributed by atoms with Crippen LogP contribution in [0.2, 0.25) is 0 Å². The minimum Gasteiger partial charge on any atom is -0.363 e. The van der Waals surface area contributed by atoms with Crippen LogP contribution < -0.4 is 0 Å². The van der Waals surface area contributed by atoms with Crippen molar-refractivity contribution in [3.63, 3.8) is 0 Å². The SMILES string of the molecule is CCOP(=O)(OCC)C1C(c2ccccc2)c2cccn2C1(CC)c1ccc[nH]1. The number of H-pyrrole nitrogens is 1. The van der Waals surface area contributed by atoms with Gasteiger partial charge in [0.05, 0.1) is 18.8 Å². The topological polar surface area (TPSA) is 56.2 Å². The molecule has 0 radical (unpaired) electrons. The van der Waals surface area contributed by atoms with Crippen molar-refractivity contribution in [2.24, 2.45) is 0 Å². The Kier molecular flexibility index (Phi) is 5.56. The van der Waals surface area contributed by atoms with Crippen molar-refractivity contribution < 1.29 is 13.6 Å². The number of fused-ring (bicyclic) bond motifs is 1. The molecule has 1 aliphatic heterocycles. The van der Waals surface area contributed by atoms with E-state index in [0.717, 1.165) is 23.4 Å². The van der Waals surface area contributed by atoms with Crippen LogP contribution in [0.5, 0.6) is 0 Å². The molecule has 0 saturated heterocycles. The average molecular weight is 412 g/mol. The predicted molar refractivity (Wildman–Crippen MR) is 116 cm³/mol. The van der Waals surface area contributed by atoms with E-state index in [1.165, 1.54) is 0 Å². The smallest absolute Gasteiger partial charge is 0.337 e. The van der Waals surface area contributed by atoms with Crippen LogP contribution >= 0.6 is 7.60 Å². The van der Waals surface area contributed by atoms with Crippen molar-refractivity contribution in [2.75, 3.05) is 13.2 Å². The maximum Gasteiger partial charge on any atom is 0.337 e. The Hall–Kier alpha value is -2.07. The van der Waals surface area contributed by atoms with E-state index in [1.54, 1.807) is 0 Å². The van der Waals surface area contributed by atoms with E-state index in [2.05, 4.69) is 53.0 Å². The highest BCUT2D eigenvalue weighted by molar-refractivity contribution is 7.54. The summed E-state index contributed by atoms with van der Waals surface area (Å²) in [6.07, 6.45) is 4.78. The molecule has 2 aromatic heterocycles. The maximum atomic E-state index is 14.4. The van der Waals surface area contributed by atoms with Crippen molar-refractivity contribution in [1.82, 2.24) is 9.55 Å². The molecule has 5 nitrogen and oxygen atoms in total. The summed E-state index contributed by atoms with van der Waals surface area (Å²) in [5, 5.41) is 0. The summed E-state index contributed by atoms with van der Waals surface area (Å²) in [4.78, 5) is 3.41. The van der Waals surface area contributed by atoms with Gasteiger partial charge in [0.1, 0.15) is 5.66 Å². The van der Waals surface area contributed by atoms with Gasteiger partial charge in [0.15, 0.2) is 0 Å². The van der Waals surface area contributed by atoms with Crippen LogP contribution in [0.3, 0.4) is 0 Å². The van der Waals surface area contributed by atoms with Gasteiger partial charge in [-0.25, -0.2) is 0 Å². The van der Waals surface area contributed by atoms with Gasteiger partial charge in [-0.3, -0.25) is 4.57 Å². The zero-order chi connectivity index (χ0) is 20.5. The summed E-state index contributed by atoms with van der Waals surface area (Å²) >= 11 is 0. The summed E-state index contributed by atoms with van der Waals surface area (Å²) < 4.78 is 28.6. The maximum absolute atomic E-state index is 14.4. The molecular formula is C23H29N2O3P. The zero-order valence-corrected chi connectivity index (χ0v) is 18.1. The highest BCUT2D eigenvalue weighted by Crippen LogP contribution is 2.68. The average Bonchev–Trinajstić information content (AvgIpc) is 3.46. The molecule has 4 rings (SSSR count). The molecule has 1 N–H and O–H groups in total. The summed E-state index contributed by atoms with van der Waals surface area (Å²) in [6, 6.07) is 18.6. The lowest BCUT2D eigenvalue weighted by molar-refractivity contribution is 0.191. The molecule has 6 heteroatoms. The van der Waals surface area contributed by atoms with Crippen LogP contribution in [0.15, 0.2) is 67.0 Å². The number of aromatic nitrogens is 2. The van der Waals surface area contributed by atoms with Gasteiger partial charge in [0.25, 0.3) is 0 Å². The van der Waals surface area contributed by atoms with Gasteiger partial charge in [-0.2, -0.15) is 0 Å². The largest absolute Gasteiger partial charge is 0.363 e. The number of nitrogens with zero attached hydrogens (tertiary/aromatic N) is 1. The Morgan fingerprint density at radius 1 is 1.00 bits per heavy atom. The molecular weight excluding hydrogens is 383 g/mol. The standard InChI is InChI=1S/C23H29N2O3P/c1-4-23(20-15-10-16-24-20)22(29(26,27-5-2)28-6-3)21(18-12-8-7-9-13-18)19-14-11-17-25(19)23/h7-17,21-22,24H,4-6H2,1-3H3. The molecule has 0 aliphatic carbocycles. The van der Waals surface area contributed by atoms with E-state index in [-0.39, 0.29) is 11.6 Å². The van der Waals surface area contributed by atoms with Crippen molar-refractivity contribution in [2.45, 2.75) is 44.3 Å². The highest BCUT2D eigenvalue weighted by atomic mass is 31.2. The fourth-order valence-corrected chi connectivity index (χ4v) is 7.84. The number of hydrogen-bond acceptors (Lipinski definition) is 3. The lowest BCUT2D eigenvalue weighted by atomic mass is 9.82. The van der Waals surface area contributed by atoms with Crippen LogP contribution in [0, 0.1) is 0 Å². The molecule has 29 heavy (non-hydrogen) atoms. The monoisotopic (exact) mass is 412 g/mol. The minimum absolute atomic E-state index is 0.0987. The predicted octanol–water partition coefficient (Wildman–Crippen LogP) is 5.75. The van der Waals surface area contributed by atoms with Crippen molar-refractivity contribution >= 4 is 7.60 Å². The molecule has 3 unspecified atom stereocenters. The second-order valence-electron chi connectivity index (χ2n) is 7.37. The third-order valence-corrected chi connectivity index (χ3v) is 8.70. The molecule has 0 spiro atoms. The summed E-state index contributed by atoms with van der Waals surface area (Å²) in [5.41, 5.74) is 2.36. The number of benzene rings is 1. The Balaban J connectivity index is 2.02. The molecule has 3 aromatic rings. The Morgan fingerprint density at radius 2 is 1.72 bits per heavy atom. The van der Waals surface area contributed by atoms with Gasteiger partial charge in [0.2, 0.25) is 0 Å². The fraction of sp³-hybridized carbons (Fsp3) is 0.391. The minimum atomic E-state index is -3.46. The van der Waals surface area contributed by atoms with E-state index in [9.17, 15) is 4.57 Å². The Labute approximate surface area is 172 Å². The van der Waals surface area contributed by atoms with Gasteiger partial charge in [0, 0.05) is 29.7 Å². The molecule has 0 saturated carbocycles. The highest BCUT2D eigenvalue weighted by Gasteiger charge is 2.61. The first-order valence-corrected chi connectivity index (χ1v) is 12.0. The zero-order valence-electron chi connectivity index (χ0n) is 17.2. The van der Waals surface area contributed by atoms with Crippen molar-refractivity contribution in [3.8, 4) is 0 Å². The molecule has 154 valence electrons. The first-order chi connectivity index (χ1) is 14.1. The van der Waals surface area contributed by atoms with Gasteiger partial charge >= 0.3 is 7.60 Å². The van der Waals surface area contributed by atoms with Crippen molar-refractivity contribution in [1.29, 1.82) is 0 Å². The van der Waals surface area contributed by atoms with Crippen LogP contribution in [0.25, 0.3) is 0 Å². The summed E-state index contributed by atoms with van der Waals surface area (Å²) in [7, 11) is -3.46. The third-order valence-electron chi connectivity index (χ3n) is 6.05. The Morgan fingerprint density at radius 3 is 2.31 bits per heavy atom. The molecule has 3 heterocycles. The molecule has 3 atom stereocenters. The van der Waals surface area contributed by atoms with Crippen molar-refractivity contribution in [3.05, 3.63) is 83.9 Å². The van der Waals surface area contributed by atoms with E-state index in [1.807, 2.05) is 44.3 Å². The third kappa shape index (κ3) is 3.04. The summed E-state index contributed by atoms with van der Waals surface area (Å²) in [5.74, 6) is -0.0987. The van der Waals surface area contributed by atoms with Gasteiger partial charge in [-0.1, -0.05) is 37.3 Å². The normalized spacial score (nSPS) is 24.0. The molecule has 1 aromatic carbocycles. The van der Waals surface area contributed by atoms with Gasteiger partial charge in [-0.05, 0) is 50.1 Å². The lowest BCUT2D eigenvalue weighted by Crippen LogP contribution is -2.43. The number of hydrogen-bond donors (Lipinski definition) is 1. The van der Waals surface area contributed by atoms with E-state index in [4.69, 9.17) is 9.05 Å². The summed E-state index contributed by atoms with van der Waals surface area (Å²) in [6.45, 7) is 6.58. The Bertz CT molecular complexity index is 973. The second kappa shape index (κ2) is 7.98. The van der Waals surface area contributed by atoms with E-state index in [0.29, 0.717) is 13.2 Å². The van der Waals surface area contributed by atoms with Crippen LogP contribution in [0.1, 0.15) is 50.1 Å². The lowest BCUT2D eigenvalue weighted by Gasteiger charge is -2.40. The molecule has 0 amide bonds. The number of rotatable bonds is 8. The number of nitrogens with one attached hydrogen (secondary N) is 1. The first kappa shape index (κ1) is 20.2. The van der Waals surface area contributed by atoms with E-state index < -0.39 is 13.1 Å². The molecule has 1 aliphatic rings. The molecule has 0 fully saturated rings. The first-order valence-electron chi connectivity index (χ1n) is 10.4. The van der Waals surface area contributed by atoms with Crippen LogP contribution in [0.4, 0.5) is 0 Å². The number of aromatic amines is 1.